The number of hydrogen-bond acceptors (Lipinski definition) is 5. The minimum atomic E-state index is -0.253. The number of nitrogens with one attached hydrogen (secondary N) is 1. The summed E-state index contributed by atoms with van der Waals surface area (Å²) >= 11 is 0. The minimum absolute atomic E-state index is 0.253. The van der Waals surface area contributed by atoms with E-state index in [1.165, 1.54) is 0 Å². The van der Waals surface area contributed by atoms with Gasteiger partial charge in [0.2, 0.25) is 0 Å². The second kappa shape index (κ2) is 10.9. The van der Waals surface area contributed by atoms with Gasteiger partial charge in [-0.2, -0.15) is 0 Å². The van der Waals surface area contributed by atoms with Gasteiger partial charge in [0, 0.05) is 11.3 Å². The first-order valence-electron chi connectivity index (χ1n) is 10.7. The van der Waals surface area contributed by atoms with Crippen molar-refractivity contribution in [3.05, 3.63) is 108 Å². The Morgan fingerprint density at radius 3 is 2.00 bits per heavy atom. The van der Waals surface area contributed by atoms with E-state index in [0.717, 1.165) is 11.3 Å². The van der Waals surface area contributed by atoms with Gasteiger partial charge in [-0.1, -0.05) is 30.3 Å². The maximum atomic E-state index is 12.8. The highest BCUT2D eigenvalue weighted by molar-refractivity contribution is 6.04. The van der Waals surface area contributed by atoms with Crippen molar-refractivity contribution in [3.63, 3.8) is 0 Å². The molecule has 0 saturated carbocycles. The zero-order valence-corrected chi connectivity index (χ0v) is 19.0. The number of methoxy groups -OCH3 is 2. The van der Waals surface area contributed by atoms with Gasteiger partial charge in [-0.25, -0.2) is 0 Å². The standard InChI is InChI=1S/C28H25NO5/c1-31-23-13-15-25(16-14-23)34-24-11-9-22(10-12-24)29-28(30)21-8-17-26(27(18-21)32-2)33-19-20-6-4-3-5-7-20/h3-18H,19H2,1-2H3,(H,29,30). The van der Waals surface area contributed by atoms with Gasteiger partial charge in [-0.3, -0.25) is 4.79 Å². The van der Waals surface area contributed by atoms with Crippen molar-refractivity contribution in [2.24, 2.45) is 0 Å². The molecule has 0 aliphatic rings. The Morgan fingerprint density at radius 2 is 1.35 bits per heavy atom. The Kier molecular flexibility index (Phi) is 7.30. The van der Waals surface area contributed by atoms with Gasteiger partial charge >= 0.3 is 0 Å². The molecule has 0 aliphatic heterocycles. The molecule has 0 aromatic heterocycles. The zero-order valence-electron chi connectivity index (χ0n) is 19.0. The van der Waals surface area contributed by atoms with Crippen LogP contribution in [-0.4, -0.2) is 20.1 Å². The molecule has 0 saturated heterocycles. The van der Waals surface area contributed by atoms with Crippen molar-refractivity contribution in [2.45, 2.75) is 6.61 Å². The lowest BCUT2D eigenvalue weighted by Gasteiger charge is -2.13. The summed E-state index contributed by atoms with van der Waals surface area (Å²) in [5.41, 5.74) is 2.16. The molecule has 0 unspecified atom stereocenters. The Hall–Kier alpha value is -4.45. The summed E-state index contributed by atoms with van der Waals surface area (Å²) in [5, 5.41) is 2.89. The van der Waals surface area contributed by atoms with Crippen LogP contribution in [0, 0.1) is 0 Å². The lowest BCUT2D eigenvalue weighted by Crippen LogP contribution is -2.12. The van der Waals surface area contributed by atoms with Crippen LogP contribution in [0.3, 0.4) is 0 Å². The number of carbonyl (C=O) groups is 1. The number of carbonyl (C=O) groups excluding carboxylic acids is 1. The predicted molar refractivity (Wildman–Crippen MR) is 131 cm³/mol. The molecular formula is C28H25NO5. The number of benzene rings is 4. The summed E-state index contributed by atoms with van der Waals surface area (Å²) < 4.78 is 22.3. The molecule has 0 radical (unpaired) electrons. The van der Waals surface area contributed by atoms with Gasteiger partial charge in [0.15, 0.2) is 11.5 Å². The number of ether oxygens (including phenoxy) is 4. The van der Waals surface area contributed by atoms with Gasteiger partial charge in [0.1, 0.15) is 23.9 Å². The van der Waals surface area contributed by atoms with Crippen LogP contribution in [0.15, 0.2) is 97.1 Å². The average Bonchev–Trinajstić information content (AvgIpc) is 2.89. The van der Waals surface area contributed by atoms with E-state index in [9.17, 15) is 4.79 Å². The third-order valence-electron chi connectivity index (χ3n) is 5.07. The fraction of sp³-hybridized carbons (Fsp3) is 0.107. The van der Waals surface area contributed by atoms with Crippen LogP contribution in [0.1, 0.15) is 15.9 Å². The molecular weight excluding hydrogens is 430 g/mol. The van der Waals surface area contributed by atoms with E-state index in [0.29, 0.717) is 40.9 Å². The molecule has 0 spiro atoms. The smallest absolute Gasteiger partial charge is 0.255 e. The molecule has 4 rings (SSSR count). The first kappa shape index (κ1) is 22.7. The average molecular weight is 456 g/mol. The number of hydrogen-bond donors (Lipinski definition) is 1. The number of rotatable bonds is 9. The van der Waals surface area contributed by atoms with E-state index in [-0.39, 0.29) is 5.91 Å². The van der Waals surface area contributed by atoms with Crippen LogP contribution in [0.5, 0.6) is 28.7 Å². The van der Waals surface area contributed by atoms with Crippen molar-refractivity contribution in [1.29, 1.82) is 0 Å². The maximum absolute atomic E-state index is 12.8. The highest BCUT2D eigenvalue weighted by Gasteiger charge is 2.12. The molecule has 4 aromatic rings. The molecule has 0 fully saturated rings. The van der Waals surface area contributed by atoms with Crippen LogP contribution >= 0.6 is 0 Å². The fourth-order valence-corrected chi connectivity index (χ4v) is 3.25. The Balaban J connectivity index is 1.37. The molecule has 6 heteroatoms. The zero-order chi connectivity index (χ0) is 23.8. The quantitative estimate of drug-likeness (QED) is 0.320. The lowest BCUT2D eigenvalue weighted by atomic mass is 10.1. The summed E-state index contributed by atoms with van der Waals surface area (Å²) in [6.45, 7) is 0.410. The monoisotopic (exact) mass is 455 g/mol. The molecule has 0 bridgehead atoms. The van der Waals surface area contributed by atoms with E-state index < -0.39 is 0 Å². The number of anilines is 1. The van der Waals surface area contributed by atoms with Gasteiger partial charge in [-0.05, 0) is 72.3 Å². The van der Waals surface area contributed by atoms with Crippen LogP contribution in [-0.2, 0) is 6.61 Å². The molecule has 4 aromatic carbocycles. The third kappa shape index (κ3) is 5.86. The van der Waals surface area contributed by atoms with Crippen molar-refractivity contribution in [2.75, 3.05) is 19.5 Å². The van der Waals surface area contributed by atoms with Gasteiger partial charge in [-0.15, -0.1) is 0 Å². The largest absolute Gasteiger partial charge is 0.497 e. The third-order valence-corrected chi connectivity index (χ3v) is 5.07. The van der Waals surface area contributed by atoms with Crippen molar-refractivity contribution < 1.29 is 23.7 Å². The van der Waals surface area contributed by atoms with Gasteiger partial charge in [0.25, 0.3) is 5.91 Å². The van der Waals surface area contributed by atoms with Crippen LogP contribution in [0.2, 0.25) is 0 Å². The van der Waals surface area contributed by atoms with E-state index in [1.807, 2.05) is 54.6 Å². The normalized spacial score (nSPS) is 10.3. The van der Waals surface area contributed by atoms with Crippen LogP contribution in [0.4, 0.5) is 5.69 Å². The van der Waals surface area contributed by atoms with Crippen molar-refractivity contribution >= 4 is 11.6 Å². The van der Waals surface area contributed by atoms with Crippen molar-refractivity contribution in [1.82, 2.24) is 0 Å². The lowest BCUT2D eigenvalue weighted by molar-refractivity contribution is 0.102. The van der Waals surface area contributed by atoms with E-state index >= 15 is 0 Å². The Labute approximate surface area is 198 Å². The SMILES string of the molecule is COc1ccc(Oc2ccc(NC(=O)c3ccc(OCc4ccccc4)c(OC)c3)cc2)cc1. The van der Waals surface area contributed by atoms with Crippen LogP contribution < -0.4 is 24.3 Å². The van der Waals surface area contributed by atoms with Crippen molar-refractivity contribution in [3.8, 4) is 28.7 Å². The Bertz CT molecular complexity index is 1220. The van der Waals surface area contributed by atoms with E-state index in [2.05, 4.69) is 5.32 Å². The molecule has 0 atom stereocenters. The number of amides is 1. The molecule has 1 amide bonds. The highest BCUT2D eigenvalue weighted by Crippen LogP contribution is 2.30. The maximum Gasteiger partial charge on any atom is 0.255 e. The van der Waals surface area contributed by atoms with E-state index in [4.69, 9.17) is 18.9 Å². The summed E-state index contributed by atoms with van der Waals surface area (Å²) in [7, 11) is 3.17. The van der Waals surface area contributed by atoms with Gasteiger partial charge < -0.3 is 24.3 Å². The fourth-order valence-electron chi connectivity index (χ4n) is 3.25. The molecule has 172 valence electrons. The first-order valence-corrected chi connectivity index (χ1v) is 10.7. The van der Waals surface area contributed by atoms with Crippen LogP contribution in [0.25, 0.3) is 0 Å². The summed E-state index contributed by atoms with van der Waals surface area (Å²) in [6, 6.07) is 29.4. The molecule has 34 heavy (non-hydrogen) atoms. The molecule has 0 aliphatic carbocycles. The topological polar surface area (TPSA) is 66.0 Å². The van der Waals surface area contributed by atoms with Gasteiger partial charge in [0.05, 0.1) is 14.2 Å². The second-order valence-corrected chi connectivity index (χ2v) is 7.40. The summed E-state index contributed by atoms with van der Waals surface area (Å²) in [4.78, 5) is 12.8. The minimum Gasteiger partial charge on any atom is -0.497 e. The molecule has 1 N–H and O–H groups in total. The summed E-state index contributed by atoms with van der Waals surface area (Å²) in [5.74, 6) is 2.92. The highest BCUT2D eigenvalue weighted by atomic mass is 16.5. The predicted octanol–water partition coefficient (Wildman–Crippen LogP) is 6.33. The van der Waals surface area contributed by atoms with E-state index in [1.54, 1.807) is 56.7 Å². The molecule has 0 heterocycles. The molecule has 6 nitrogen and oxygen atoms in total. The second-order valence-electron chi connectivity index (χ2n) is 7.40. The Morgan fingerprint density at radius 1 is 0.706 bits per heavy atom. The summed E-state index contributed by atoms with van der Waals surface area (Å²) in [6.07, 6.45) is 0. The first-order chi connectivity index (χ1) is 16.6.